The minimum atomic E-state index is -0.822. The Hall–Kier alpha value is -2.41. The summed E-state index contributed by atoms with van der Waals surface area (Å²) < 4.78 is 17.7. The maximum absolute atomic E-state index is 13.0. The van der Waals surface area contributed by atoms with Crippen LogP contribution >= 0.6 is 0 Å². The number of rotatable bonds is 2. The quantitative estimate of drug-likeness (QED) is 0.564. The molecule has 0 radical (unpaired) electrons. The van der Waals surface area contributed by atoms with Gasteiger partial charge in [-0.3, -0.25) is 19.3 Å². The molecule has 7 heteroatoms. The van der Waals surface area contributed by atoms with Crippen LogP contribution < -0.4 is 9.47 Å². The maximum atomic E-state index is 13.0. The summed E-state index contributed by atoms with van der Waals surface area (Å²) in [6.07, 6.45) is 1.40. The van der Waals surface area contributed by atoms with Crippen molar-refractivity contribution in [2.24, 2.45) is 0 Å². The first-order valence-corrected chi connectivity index (χ1v) is 9.74. The molecule has 2 fully saturated rings. The standard InChI is InChI=1S/C21H23NO6/c1-11(23)26-15-5-4-13-10-16-21(28-12(2)24)7-6-14(25)19-20(21,8-9-22(16)3)17(13)18(15)27-19/h4-5,16,19H,6-10H2,1-3H3. The van der Waals surface area contributed by atoms with E-state index in [1.165, 1.54) is 13.8 Å². The molecule has 1 saturated heterocycles. The first kappa shape index (κ1) is 17.7. The lowest BCUT2D eigenvalue weighted by Crippen LogP contribution is -2.77. The molecule has 2 bridgehead atoms. The first-order chi connectivity index (χ1) is 13.3. The highest BCUT2D eigenvalue weighted by atomic mass is 16.6. The zero-order chi connectivity index (χ0) is 19.8. The second-order valence-corrected chi connectivity index (χ2v) is 8.39. The van der Waals surface area contributed by atoms with E-state index in [0.29, 0.717) is 37.2 Å². The summed E-state index contributed by atoms with van der Waals surface area (Å²) in [5.41, 5.74) is 0.416. The fourth-order valence-electron chi connectivity index (χ4n) is 6.19. The van der Waals surface area contributed by atoms with Gasteiger partial charge in [0.1, 0.15) is 5.60 Å². The van der Waals surface area contributed by atoms with Gasteiger partial charge in [-0.05, 0) is 44.5 Å². The van der Waals surface area contributed by atoms with E-state index in [9.17, 15) is 14.4 Å². The van der Waals surface area contributed by atoms with Gasteiger partial charge in [0.2, 0.25) is 0 Å². The lowest BCUT2D eigenvalue weighted by atomic mass is 9.49. The normalized spacial score (nSPS) is 35.0. The number of benzene rings is 1. The number of ether oxygens (including phenoxy) is 3. The second kappa shape index (κ2) is 5.56. The third-order valence-electron chi connectivity index (χ3n) is 7.05. The van der Waals surface area contributed by atoms with Crippen molar-refractivity contribution >= 4 is 17.7 Å². The monoisotopic (exact) mass is 385 g/mol. The van der Waals surface area contributed by atoms with Crippen LogP contribution in [-0.2, 0) is 31.0 Å². The molecule has 0 N–H and O–H groups in total. The smallest absolute Gasteiger partial charge is 0.308 e. The molecule has 1 spiro atoms. The molecule has 1 aromatic carbocycles. The molecule has 4 unspecified atom stereocenters. The number of ketones is 1. The summed E-state index contributed by atoms with van der Waals surface area (Å²) >= 11 is 0. The van der Waals surface area contributed by atoms with E-state index >= 15 is 0 Å². The van der Waals surface area contributed by atoms with Crippen LogP contribution in [0.3, 0.4) is 0 Å². The molecular weight excluding hydrogens is 362 g/mol. The number of likely N-dealkylation sites (tertiary alicyclic amines) is 1. The number of hydrogen-bond donors (Lipinski definition) is 0. The van der Waals surface area contributed by atoms with Crippen molar-refractivity contribution < 1.29 is 28.6 Å². The Morgan fingerprint density at radius 2 is 2.00 bits per heavy atom. The highest BCUT2D eigenvalue weighted by molar-refractivity contribution is 5.90. The van der Waals surface area contributed by atoms with Gasteiger partial charge in [-0.1, -0.05) is 6.07 Å². The fraction of sp³-hybridized carbons (Fsp3) is 0.571. The van der Waals surface area contributed by atoms with Gasteiger partial charge in [-0.25, -0.2) is 0 Å². The van der Waals surface area contributed by atoms with Gasteiger partial charge >= 0.3 is 11.9 Å². The lowest BCUT2D eigenvalue weighted by Gasteiger charge is -2.63. The van der Waals surface area contributed by atoms with E-state index in [0.717, 1.165) is 17.7 Å². The van der Waals surface area contributed by atoms with E-state index in [1.807, 2.05) is 13.1 Å². The number of piperidine rings is 1. The van der Waals surface area contributed by atoms with Gasteiger partial charge < -0.3 is 14.2 Å². The average Bonchev–Trinajstić information content (AvgIpc) is 2.97. The van der Waals surface area contributed by atoms with Gasteiger partial charge in [0.05, 0.1) is 11.5 Å². The van der Waals surface area contributed by atoms with E-state index in [4.69, 9.17) is 14.2 Å². The molecular formula is C21H23NO6. The molecule has 4 atom stereocenters. The maximum Gasteiger partial charge on any atom is 0.308 e. The molecule has 0 aromatic heterocycles. The first-order valence-electron chi connectivity index (χ1n) is 9.74. The molecule has 2 heterocycles. The highest BCUT2D eigenvalue weighted by Crippen LogP contribution is 2.65. The van der Waals surface area contributed by atoms with Crippen LogP contribution in [0.15, 0.2) is 12.1 Å². The van der Waals surface area contributed by atoms with Crippen molar-refractivity contribution in [3.8, 4) is 11.5 Å². The summed E-state index contributed by atoms with van der Waals surface area (Å²) in [6.45, 7) is 3.54. The summed E-state index contributed by atoms with van der Waals surface area (Å²) in [4.78, 5) is 39.0. The van der Waals surface area contributed by atoms with E-state index in [2.05, 4.69) is 4.90 Å². The lowest BCUT2D eigenvalue weighted by molar-refractivity contribution is -0.211. The Kier molecular flexibility index (Phi) is 3.51. The van der Waals surface area contributed by atoms with Crippen molar-refractivity contribution in [2.75, 3.05) is 13.6 Å². The van der Waals surface area contributed by atoms with Gasteiger partial charge in [-0.15, -0.1) is 0 Å². The van der Waals surface area contributed by atoms with Crippen molar-refractivity contribution in [1.82, 2.24) is 4.90 Å². The third-order valence-corrected chi connectivity index (χ3v) is 7.05. The molecule has 148 valence electrons. The van der Waals surface area contributed by atoms with E-state index in [-0.39, 0.29) is 17.8 Å². The molecule has 4 aliphatic rings. The Morgan fingerprint density at radius 3 is 2.71 bits per heavy atom. The predicted molar refractivity (Wildman–Crippen MR) is 97.3 cm³/mol. The third kappa shape index (κ3) is 1.95. The van der Waals surface area contributed by atoms with Gasteiger partial charge in [0, 0.05) is 25.8 Å². The summed E-state index contributed by atoms with van der Waals surface area (Å²) in [6, 6.07) is 3.66. The highest BCUT2D eigenvalue weighted by Gasteiger charge is 2.75. The number of hydrogen-bond acceptors (Lipinski definition) is 7. The van der Waals surface area contributed by atoms with Crippen LogP contribution in [0.2, 0.25) is 0 Å². The summed E-state index contributed by atoms with van der Waals surface area (Å²) in [5.74, 6) is 0.0240. The van der Waals surface area contributed by atoms with Crippen LogP contribution in [-0.4, -0.2) is 54.0 Å². The predicted octanol–water partition coefficient (Wildman–Crippen LogP) is 1.54. The van der Waals surface area contributed by atoms with Crippen molar-refractivity contribution in [2.45, 2.75) is 62.7 Å². The van der Waals surface area contributed by atoms with E-state index in [1.54, 1.807) is 6.07 Å². The zero-order valence-electron chi connectivity index (χ0n) is 16.2. The molecule has 2 aliphatic carbocycles. The Labute approximate surface area is 162 Å². The topological polar surface area (TPSA) is 82.1 Å². The zero-order valence-corrected chi connectivity index (χ0v) is 16.2. The Balaban J connectivity index is 1.81. The molecule has 1 saturated carbocycles. The number of carbonyl (C=O) groups is 3. The Bertz CT molecular complexity index is 926. The van der Waals surface area contributed by atoms with Gasteiger partial charge in [0.25, 0.3) is 0 Å². The number of Topliss-reactive ketones (excluding diaryl/α,β-unsaturated/α-hetero) is 1. The molecule has 5 rings (SSSR count). The van der Waals surface area contributed by atoms with Gasteiger partial charge in [-0.2, -0.15) is 0 Å². The minimum Gasteiger partial charge on any atom is -0.477 e. The van der Waals surface area contributed by atoms with Crippen LogP contribution in [0.5, 0.6) is 11.5 Å². The fourth-order valence-corrected chi connectivity index (χ4v) is 6.19. The average molecular weight is 385 g/mol. The van der Waals surface area contributed by atoms with Crippen LogP contribution in [0.1, 0.15) is 44.2 Å². The van der Waals surface area contributed by atoms with Crippen molar-refractivity contribution in [1.29, 1.82) is 0 Å². The van der Waals surface area contributed by atoms with Gasteiger partial charge in [0.15, 0.2) is 23.4 Å². The Morgan fingerprint density at radius 1 is 1.21 bits per heavy atom. The van der Waals surface area contributed by atoms with E-state index < -0.39 is 23.1 Å². The van der Waals surface area contributed by atoms with Crippen molar-refractivity contribution in [3.63, 3.8) is 0 Å². The molecule has 1 aromatic rings. The second-order valence-electron chi connectivity index (χ2n) is 8.39. The molecule has 28 heavy (non-hydrogen) atoms. The number of nitrogens with zero attached hydrogens (tertiary/aromatic N) is 1. The minimum absolute atomic E-state index is 0.0175. The van der Waals surface area contributed by atoms with Crippen LogP contribution in [0.25, 0.3) is 0 Å². The van der Waals surface area contributed by atoms with Crippen LogP contribution in [0.4, 0.5) is 0 Å². The largest absolute Gasteiger partial charge is 0.477 e. The molecule has 2 aliphatic heterocycles. The SMILES string of the molecule is CC(=O)Oc1ccc2c3c1OC1C(=O)CCC4(OC(C)=O)C(C2)N(C)CCC314. The van der Waals surface area contributed by atoms with Crippen molar-refractivity contribution in [3.05, 3.63) is 23.3 Å². The number of carbonyl (C=O) groups excluding carboxylic acids is 3. The summed E-state index contributed by atoms with van der Waals surface area (Å²) in [5, 5.41) is 0. The number of likely N-dealkylation sites (N-methyl/N-ethyl adjacent to an activating group) is 1. The molecule has 7 nitrogen and oxygen atoms in total. The van der Waals surface area contributed by atoms with Crippen LogP contribution in [0, 0.1) is 0 Å². The summed E-state index contributed by atoms with van der Waals surface area (Å²) in [7, 11) is 2.04. The number of esters is 2. The molecule has 0 amide bonds.